The van der Waals surface area contributed by atoms with Gasteiger partial charge in [-0.15, -0.1) is 0 Å². The number of nitrogens with zero attached hydrogens (tertiary/aromatic N) is 2. The lowest BCUT2D eigenvalue weighted by atomic mass is 10.1. The Balaban J connectivity index is 2.07. The van der Waals surface area contributed by atoms with Crippen LogP contribution in [0, 0.1) is 0 Å². The van der Waals surface area contributed by atoms with E-state index in [9.17, 15) is 13.9 Å². The van der Waals surface area contributed by atoms with Gasteiger partial charge in [0.25, 0.3) is 0 Å². The van der Waals surface area contributed by atoms with Crippen molar-refractivity contribution in [3.05, 3.63) is 34.9 Å². The molecule has 0 aliphatic carbocycles. The van der Waals surface area contributed by atoms with Gasteiger partial charge in [0, 0.05) is 11.4 Å². The van der Waals surface area contributed by atoms with Crippen molar-refractivity contribution in [3.8, 4) is 0 Å². The van der Waals surface area contributed by atoms with Crippen LogP contribution >= 0.6 is 0 Å². The monoisotopic (exact) mass is 292 g/mol. The Bertz CT molecular complexity index is 662. The first-order valence-electron chi connectivity index (χ1n) is 6.35. The van der Waals surface area contributed by atoms with Crippen LogP contribution in [0.2, 0.25) is 0 Å². The van der Waals surface area contributed by atoms with Crippen molar-refractivity contribution in [2.75, 3.05) is 18.1 Å². The largest absolute Gasteiger partial charge is 0.769 e. The number of aliphatic hydroxyl groups excluding tert-OH is 1. The number of benzene rings is 1. The summed E-state index contributed by atoms with van der Waals surface area (Å²) in [5.41, 5.74) is 2.11. The van der Waals surface area contributed by atoms with Crippen molar-refractivity contribution >= 4 is 28.1 Å². The summed E-state index contributed by atoms with van der Waals surface area (Å²) >= 11 is -2.31. The Morgan fingerprint density at radius 1 is 1.45 bits per heavy atom. The molecule has 1 aromatic carbocycles. The van der Waals surface area contributed by atoms with E-state index in [1.165, 1.54) is 0 Å². The molecule has 20 heavy (non-hydrogen) atoms. The van der Waals surface area contributed by atoms with Gasteiger partial charge in [0.05, 0.1) is 23.3 Å². The average Bonchev–Trinajstić information content (AvgIpc) is 2.89. The lowest BCUT2D eigenvalue weighted by Gasteiger charge is -2.31. The number of aliphatic hydroxyl groups is 1. The summed E-state index contributed by atoms with van der Waals surface area (Å²) in [6, 6.07) is 7.59. The minimum atomic E-state index is -2.31. The number of fused-ring (bicyclic) bond motifs is 1. The van der Waals surface area contributed by atoms with Crippen molar-refractivity contribution in [1.82, 2.24) is 9.97 Å². The molecule has 2 heterocycles. The standard InChI is InChI=1S/C13H15N3O3S/c17-8-11-12(20(18)19)6-3-7-16(11)13-14-9-4-1-2-5-10(9)15-13/h1-2,4-5,17H,3,6-8H2,(H,14,15)(H,18,19)/p-1. The molecule has 1 aliphatic heterocycles. The van der Waals surface area contributed by atoms with Gasteiger partial charge < -0.3 is 19.5 Å². The van der Waals surface area contributed by atoms with Crippen molar-refractivity contribution in [1.29, 1.82) is 0 Å². The number of anilines is 1. The molecule has 0 radical (unpaired) electrons. The molecule has 1 atom stereocenters. The van der Waals surface area contributed by atoms with Gasteiger partial charge in [-0.25, -0.2) is 4.98 Å². The van der Waals surface area contributed by atoms with Gasteiger partial charge in [0.2, 0.25) is 5.95 Å². The molecule has 0 spiro atoms. The molecular weight excluding hydrogens is 278 g/mol. The number of para-hydroxylation sites is 2. The molecule has 0 amide bonds. The molecule has 2 aromatic rings. The molecule has 3 rings (SSSR count). The molecule has 1 aliphatic rings. The first-order valence-corrected chi connectivity index (χ1v) is 7.42. The number of imidazole rings is 1. The maximum absolute atomic E-state index is 11.2. The van der Waals surface area contributed by atoms with Crippen LogP contribution in [0.3, 0.4) is 0 Å². The van der Waals surface area contributed by atoms with Gasteiger partial charge in [0.15, 0.2) is 0 Å². The number of hydrogen-bond acceptors (Lipinski definition) is 5. The summed E-state index contributed by atoms with van der Waals surface area (Å²) in [4.78, 5) is 9.62. The fourth-order valence-corrected chi connectivity index (χ4v) is 3.16. The Kier molecular flexibility index (Phi) is 3.56. The number of aromatic nitrogens is 2. The van der Waals surface area contributed by atoms with Gasteiger partial charge >= 0.3 is 0 Å². The molecule has 106 valence electrons. The van der Waals surface area contributed by atoms with Crippen LogP contribution < -0.4 is 4.90 Å². The second-order valence-electron chi connectivity index (χ2n) is 4.60. The zero-order chi connectivity index (χ0) is 14.1. The lowest BCUT2D eigenvalue weighted by molar-refractivity contribution is 0.323. The van der Waals surface area contributed by atoms with Crippen LogP contribution in [0.25, 0.3) is 11.0 Å². The average molecular weight is 292 g/mol. The van der Waals surface area contributed by atoms with Crippen LogP contribution in [0.5, 0.6) is 0 Å². The molecule has 0 fully saturated rings. The molecule has 0 saturated carbocycles. The van der Waals surface area contributed by atoms with Gasteiger partial charge in [-0.2, -0.15) is 0 Å². The van der Waals surface area contributed by atoms with E-state index in [0.717, 1.165) is 11.0 Å². The number of rotatable bonds is 3. The van der Waals surface area contributed by atoms with Crippen LogP contribution in [0.15, 0.2) is 34.9 Å². The highest BCUT2D eigenvalue weighted by atomic mass is 32.2. The minimum absolute atomic E-state index is 0.263. The van der Waals surface area contributed by atoms with E-state index in [-0.39, 0.29) is 11.5 Å². The summed E-state index contributed by atoms with van der Waals surface area (Å²) in [7, 11) is 0. The van der Waals surface area contributed by atoms with E-state index in [2.05, 4.69) is 9.97 Å². The number of aromatic amines is 1. The van der Waals surface area contributed by atoms with E-state index in [1.54, 1.807) is 4.90 Å². The van der Waals surface area contributed by atoms with Gasteiger partial charge in [0.1, 0.15) is 0 Å². The fourth-order valence-electron chi connectivity index (χ4n) is 2.48. The Hall–Kier alpha value is -1.70. The molecule has 0 bridgehead atoms. The van der Waals surface area contributed by atoms with E-state index in [4.69, 9.17) is 0 Å². The Morgan fingerprint density at radius 3 is 2.95 bits per heavy atom. The van der Waals surface area contributed by atoms with Crippen molar-refractivity contribution in [2.24, 2.45) is 0 Å². The van der Waals surface area contributed by atoms with E-state index >= 15 is 0 Å². The molecule has 1 aromatic heterocycles. The highest BCUT2D eigenvalue weighted by Gasteiger charge is 2.23. The van der Waals surface area contributed by atoms with Crippen LogP contribution in [-0.2, 0) is 11.1 Å². The van der Waals surface area contributed by atoms with Crippen molar-refractivity contribution < 1.29 is 13.9 Å². The normalized spacial score (nSPS) is 17.8. The predicted octanol–water partition coefficient (Wildman–Crippen LogP) is 1.25. The fraction of sp³-hybridized carbons (Fsp3) is 0.308. The second kappa shape index (κ2) is 5.35. The third-order valence-corrected chi connectivity index (χ3v) is 4.26. The number of allylic oxidation sites excluding steroid dienone is 1. The summed E-state index contributed by atoms with van der Waals surface area (Å²) in [5, 5.41) is 9.50. The first kappa shape index (κ1) is 13.3. The predicted molar refractivity (Wildman–Crippen MR) is 75.7 cm³/mol. The number of hydrogen-bond donors (Lipinski definition) is 2. The van der Waals surface area contributed by atoms with Gasteiger partial charge in [-0.3, -0.25) is 4.21 Å². The van der Waals surface area contributed by atoms with E-state index in [1.807, 2.05) is 24.3 Å². The third-order valence-electron chi connectivity index (χ3n) is 3.42. The highest BCUT2D eigenvalue weighted by molar-refractivity contribution is 7.83. The summed E-state index contributed by atoms with van der Waals surface area (Å²) in [5.74, 6) is 0.568. The molecular formula is C13H14N3O3S-. The summed E-state index contributed by atoms with van der Waals surface area (Å²) < 4.78 is 22.5. The van der Waals surface area contributed by atoms with E-state index < -0.39 is 11.1 Å². The quantitative estimate of drug-likeness (QED) is 0.830. The lowest BCUT2D eigenvalue weighted by Crippen LogP contribution is -2.32. The smallest absolute Gasteiger partial charge is 0.208 e. The van der Waals surface area contributed by atoms with E-state index in [0.29, 0.717) is 31.0 Å². The number of H-pyrrole nitrogens is 1. The van der Waals surface area contributed by atoms with Crippen molar-refractivity contribution in [2.45, 2.75) is 12.8 Å². The SMILES string of the molecule is O=S([O-])C1=C(CO)N(c2nc3ccccc3[nH]2)CCC1. The topological polar surface area (TPSA) is 92.3 Å². The highest BCUT2D eigenvalue weighted by Crippen LogP contribution is 2.28. The zero-order valence-corrected chi connectivity index (χ0v) is 11.5. The van der Waals surface area contributed by atoms with Crippen LogP contribution in [0.4, 0.5) is 5.95 Å². The molecule has 6 nitrogen and oxygen atoms in total. The maximum Gasteiger partial charge on any atom is 0.208 e. The third kappa shape index (κ3) is 2.24. The second-order valence-corrected chi connectivity index (χ2v) is 5.56. The Morgan fingerprint density at radius 2 is 2.25 bits per heavy atom. The number of nitrogens with one attached hydrogen (secondary N) is 1. The molecule has 2 N–H and O–H groups in total. The molecule has 0 saturated heterocycles. The Labute approximate surface area is 118 Å². The zero-order valence-electron chi connectivity index (χ0n) is 10.7. The summed E-state index contributed by atoms with van der Waals surface area (Å²) in [6.07, 6.45) is 1.17. The van der Waals surface area contributed by atoms with Gasteiger partial charge in [-0.05, 0) is 36.1 Å². The maximum atomic E-state index is 11.2. The first-order chi connectivity index (χ1) is 9.70. The summed E-state index contributed by atoms with van der Waals surface area (Å²) in [6.45, 7) is 0.316. The van der Waals surface area contributed by atoms with Gasteiger partial charge in [-0.1, -0.05) is 12.1 Å². The van der Waals surface area contributed by atoms with Crippen LogP contribution in [0.1, 0.15) is 12.8 Å². The van der Waals surface area contributed by atoms with Crippen LogP contribution in [-0.4, -0.2) is 37.0 Å². The molecule has 1 unspecified atom stereocenters. The van der Waals surface area contributed by atoms with Crippen molar-refractivity contribution in [3.63, 3.8) is 0 Å². The molecule has 7 heteroatoms. The minimum Gasteiger partial charge on any atom is -0.769 e.